The summed E-state index contributed by atoms with van der Waals surface area (Å²) in [6.07, 6.45) is -3.74. The van der Waals surface area contributed by atoms with Crippen molar-refractivity contribution in [2.24, 2.45) is 5.92 Å². The Morgan fingerprint density at radius 1 is 1.17 bits per heavy atom. The zero-order valence-corrected chi connectivity index (χ0v) is 19.7. The lowest BCUT2D eigenvalue weighted by molar-refractivity contribution is -0.275. The number of aliphatic carboxylic acids is 1. The number of carbonyl (C=O) groups is 2. The van der Waals surface area contributed by atoms with Gasteiger partial charge in [0.25, 0.3) is 0 Å². The second kappa shape index (κ2) is 11.4. The summed E-state index contributed by atoms with van der Waals surface area (Å²) in [7, 11) is 0. The number of hydrogen-bond donors (Lipinski definition) is 2. The van der Waals surface area contributed by atoms with E-state index >= 15 is 0 Å². The highest BCUT2D eigenvalue weighted by Gasteiger charge is 2.32. The molecule has 2 N–H and O–H groups in total. The molecule has 7 nitrogen and oxygen atoms in total. The zero-order valence-electron chi connectivity index (χ0n) is 19.7. The molecule has 10 heteroatoms. The summed E-state index contributed by atoms with van der Waals surface area (Å²) >= 11 is 0. The van der Waals surface area contributed by atoms with Crippen molar-refractivity contribution in [3.63, 3.8) is 0 Å². The highest BCUT2D eigenvalue weighted by Crippen LogP contribution is 2.33. The van der Waals surface area contributed by atoms with Crippen LogP contribution in [0.15, 0.2) is 36.4 Å². The summed E-state index contributed by atoms with van der Waals surface area (Å²) in [4.78, 5) is 24.7. The summed E-state index contributed by atoms with van der Waals surface area (Å²) in [6.45, 7) is 4.67. The van der Waals surface area contributed by atoms with Crippen LogP contribution in [0.1, 0.15) is 37.0 Å². The molecular weight excluding hydrogens is 465 g/mol. The van der Waals surface area contributed by atoms with E-state index < -0.39 is 12.3 Å². The number of anilines is 1. The number of rotatable bonds is 11. The van der Waals surface area contributed by atoms with E-state index in [0.29, 0.717) is 36.3 Å². The van der Waals surface area contributed by atoms with E-state index in [2.05, 4.69) is 10.1 Å². The van der Waals surface area contributed by atoms with Crippen LogP contribution in [-0.2, 0) is 29.0 Å². The maximum absolute atomic E-state index is 12.9. The lowest BCUT2D eigenvalue weighted by Gasteiger charge is -2.18. The first-order valence-electron chi connectivity index (χ1n) is 11.4. The maximum Gasteiger partial charge on any atom is 0.573 e. The fraction of sp³-hybridized carbons (Fsp3) is 0.440. The Hall–Kier alpha value is -3.27. The van der Waals surface area contributed by atoms with Crippen LogP contribution < -0.4 is 19.7 Å². The van der Waals surface area contributed by atoms with Crippen LogP contribution in [0, 0.1) is 5.92 Å². The third-order valence-corrected chi connectivity index (χ3v) is 5.43. The van der Waals surface area contributed by atoms with Crippen molar-refractivity contribution in [1.29, 1.82) is 0 Å². The molecule has 0 bridgehead atoms. The molecule has 0 aromatic heterocycles. The van der Waals surface area contributed by atoms with Gasteiger partial charge in [0.1, 0.15) is 18.1 Å². The average molecular weight is 495 g/mol. The Morgan fingerprint density at radius 2 is 1.94 bits per heavy atom. The van der Waals surface area contributed by atoms with Crippen molar-refractivity contribution in [2.45, 2.75) is 46.1 Å². The molecule has 190 valence electrons. The summed E-state index contributed by atoms with van der Waals surface area (Å²) in [5, 5.41) is 11.5. The van der Waals surface area contributed by atoms with Crippen molar-refractivity contribution in [3.8, 4) is 11.5 Å². The minimum atomic E-state index is -4.78. The number of carbonyl (C=O) groups excluding carboxylic acids is 1. The van der Waals surface area contributed by atoms with Crippen molar-refractivity contribution < 1.29 is 37.3 Å². The Morgan fingerprint density at radius 3 is 2.63 bits per heavy atom. The van der Waals surface area contributed by atoms with Crippen molar-refractivity contribution in [3.05, 3.63) is 53.1 Å². The quantitative estimate of drug-likeness (QED) is 0.453. The normalized spacial score (nSPS) is 13.1. The molecule has 1 aliphatic rings. The number of nitrogens with one attached hydrogen (secondary N) is 1. The molecule has 2 aromatic rings. The van der Waals surface area contributed by atoms with E-state index in [-0.39, 0.29) is 43.7 Å². The summed E-state index contributed by atoms with van der Waals surface area (Å²) in [6, 6.07) is 10.0. The van der Waals surface area contributed by atoms with Gasteiger partial charge in [-0.3, -0.25) is 9.59 Å². The molecule has 0 saturated heterocycles. The first-order valence-corrected chi connectivity index (χ1v) is 11.4. The molecule has 0 fully saturated rings. The largest absolute Gasteiger partial charge is 0.573 e. The van der Waals surface area contributed by atoms with Gasteiger partial charge >= 0.3 is 12.3 Å². The first kappa shape index (κ1) is 26.3. The van der Waals surface area contributed by atoms with Crippen molar-refractivity contribution in [1.82, 2.24) is 5.32 Å². The smallest absolute Gasteiger partial charge is 0.489 e. The van der Waals surface area contributed by atoms with Gasteiger partial charge in [-0.2, -0.15) is 0 Å². The van der Waals surface area contributed by atoms with Gasteiger partial charge in [0.2, 0.25) is 5.91 Å². The average Bonchev–Trinajstić information content (AvgIpc) is 3.18. The van der Waals surface area contributed by atoms with Gasteiger partial charge in [0.15, 0.2) is 0 Å². The van der Waals surface area contributed by atoms with Crippen LogP contribution in [-0.4, -0.2) is 43.0 Å². The van der Waals surface area contributed by atoms with Gasteiger partial charge in [-0.15, -0.1) is 13.2 Å². The van der Waals surface area contributed by atoms with E-state index in [4.69, 9.17) is 9.84 Å². The molecule has 0 atom stereocenters. The van der Waals surface area contributed by atoms with Crippen LogP contribution >= 0.6 is 0 Å². The number of carboxylic acid groups (broad SMARTS) is 1. The number of hydrogen-bond acceptors (Lipinski definition) is 5. The van der Waals surface area contributed by atoms with Gasteiger partial charge in [-0.25, -0.2) is 0 Å². The fourth-order valence-corrected chi connectivity index (χ4v) is 3.90. The van der Waals surface area contributed by atoms with Crippen LogP contribution in [0.2, 0.25) is 0 Å². The van der Waals surface area contributed by atoms with Gasteiger partial charge in [-0.1, -0.05) is 26.0 Å². The molecule has 3 rings (SSSR count). The molecule has 0 spiro atoms. The number of alkyl halides is 3. The molecular formula is C25H29F3N2O5. The predicted octanol–water partition coefficient (Wildman–Crippen LogP) is 4.32. The number of carboxylic acids is 1. The molecule has 1 heterocycles. The minimum Gasteiger partial charge on any atom is -0.489 e. The topological polar surface area (TPSA) is 88.1 Å². The third-order valence-electron chi connectivity index (χ3n) is 5.43. The molecule has 1 aliphatic heterocycles. The Kier molecular flexibility index (Phi) is 8.61. The maximum atomic E-state index is 12.9. The fourth-order valence-electron chi connectivity index (χ4n) is 3.90. The van der Waals surface area contributed by atoms with Crippen molar-refractivity contribution >= 4 is 17.6 Å². The SMILES string of the molecule is CC(C)Cc1ccc(COc2ccc3c(c2)CCN3C(=O)CNCCC(=O)O)cc1OC(F)(F)F. The van der Waals surface area contributed by atoms with Gasteiger partial charge < -0.3 is 24.8 Å². The molecule has 0 saturated carbocycles. The van der Waals surface area contributed by atoms with Crippen LogP contribution in [0.3, 0.4) is 0 Å². The van der Waals surface area contributed by atoms with Crippen LogP contribution in [0.25, 0.3) is 0 Å². The number of benzene rings is 2. The highest BCUT2D eigenvalue weighted by atomic mass is 19.4. The highest BCUT2D eigenvalue weighted by molar-refractivity contribution is 5.96. The first-order chi connectivity index (χ1) is 16.5. The summed E-state index contributed by atoms with van der Waals surface area (Å²) < 4.78 is 48.7. The predicted molar refractivity (Wildman–Crippen MR) is 124 cm³/mol. The molecule has 2 aromatic carbocycles. The molecule has 0 radical (unpaired) electrons. The van der Waals surface area contributed by atoms with E-state index in [1.54, 1.807) is 29.2 Å². The second-order valence-electron chi connectivity index (χ2n) is 8.78. The van der Waals surface area contributed by atoms with Gasteiger partial charge in [0.05, 0.1) is 13.0 Å². The van der Waals surface area contributed by atoms with Gasteiger partial charge in [-0.05, 0) is 59.7 Å². The second-order valence-corrected chi connectivity index (χ2v) is 8.78. The standard InChI is InChI=1S/C25H29F3N2O5/c1-16(2)11-19-4-3-17(12-22(19)35-25(26,27)28)15-34-20-5-6-21-18(13-20)8-10-30(21)23(31)14-29-9-7-24(32)33/h3-6,12-13,16,29H,7-11,14-15H2,1-2H3,(H,32,33). The Labute approximate surface area is 201 Å². The molecule has 0 unspecified atom stereocenters. The van der Waals surface area contributed by atoms with Crippen LogP contribution in [0.4, 0.5) is 18.9 Å². The van der Waals surface area contributed by atoms with E-state index in [1.165, 1.54) is 6.07 Å². The number of nitrogens with zero attached hydrogens (tertiary/aromatic N) is 1. The number of halogens is 3. The molecule has 35 heavy (non-hydrogen) atoms. The number of fused-ring (bicyclic) bond motifs is 1. The lowest BCUT2D eigenvalue weighted by atomic mass is 10.0. The zero-order chi connectivity index (χ0) is 25.6. The van der Waals surface area contributed by atoms with Crippen molar-refractivity contribution in [2.75, 3.05) is 24.5 Å². The van der Waals surface area contributed by atoms with E-state index in [0.717, 1.165) is 11.3 Å². The molecule has 1 amide bonds. The van der Waals surface area contributed by atoms with E-state index in [9.17, 15) is 22.8 Å². The monoisotopic (exact) mass is 494 g/mol. The Bertz CT molecular complexity index is 1060. The molecule has 0 aliphatic carbocycles. The van der Waals surface area contributed by atoms with E-state index in [1.807, 2.05) is 19.9 Å². The third kappa shape index (κ3) is 7.88. The lowest BCUT2D eigenvalue weighted by Crippen LogP contribution is -2.37. The van der Waals surface area contributed by atoms with Gasteiger partial charge in [0, 0.05) is 18.8 Å². The Balaban J connectivity index is 1.62. The number of ether oxygens (including phenoxy) is 2. The minimum absolute atomic E-state index is 0.0418. The summed E-state index contributed by atoms with van der Waals surface area (Å²) in [5.74, 6) is -0.582. The number of amides is 1. The van der Waals surface area contributed by atoms with Crippen LogP contribution in [0.5, 0.6) is 11.5 Å². The summed E-state index contributed by atoms with van der Waals surface area (Å²) in [5.41, 5.74) is 2.72.